The number of aliphatic hydroxyl groups is 1. The number of aromatic nitrogens is 3. The second-order valence-electron chi connectivity index (χ2n) is 18.2. The van der Waals surface area contributed by atoms with Crippen LogP contribution < -0.4 is 9.80 Å². The van der Waals surface area contributed by atoms with E-state index in [9.17, 15) is 14.6 Å². The smallest absolute Gasteiger partial charge is 0.162 e. The standard InChI is InChI=1S/C51H56FN7O2S/c1-31-28-41(15-18-43(31)47-44(36-6-11-39(52)12-7-36)17-10-38-29-42(60)16-19-45(38)47)58-26-24-56(25-27-58)30-51(61)20-22-57(23-21-51)40-13-8-37(9-14-40)48-46-32(2)34(4)62-50(46)59-35(5)54-55-49(59)33(3)53-48/h6-9,11-16,18-19,28-29,33,44,47,60-61H,10,17,20-27,30H2,1-5H3/t33-,44-,47+/m0/s1. The van der Waals surface area contributed by atoms with E-state index in [1.54, 1.807) is 29.5 Å². The van der Waals surface area contributed by atoms with Crippen molar-refractivity contribution in [2.45, 2.75) is 83.8 Å². The van der Waals surface area contributed by atoms with Crippen molar-refractivity contribution in [2.75, 3.05) is 55.6 Å². The van der Waals surface area contributed by atoms with Gasteiger partial charge in [0.25, 0.3) is 0 Å². The molecule has 62 heavy (non-hydrogen) atoms. The minimum atomic E-state index is -0.710. The molecule has 0 radical (unpaired) electrons. The first-order valence-electron chi connectivity index (χ1n) is 22.3. The molecule has 9 nitrogen and oxygen atoms in total. The van der Waals surface area contributed by atoms with Crippen molar-refractivity contribution >= 4 is 28.4 Å². The molecule has 10 rings (SSSR count). The molecule has 4 aromatic carbocycles. The Bertz CT molecular complexity index is 2650. The first-order chi connectivity index (χ1) is 29.9. The predicted molar refractivity (Wildman–Crippen MR) is 248 cm³/mol. The fraction of sp³-hybridized carbons (Fsp3) is 0.392. The lowest BCUT2D eigenvalue weighted by Gasteiger charge is -2.44. The number of nitrogens with zero attached hydrogens (tertiary/aromatic N) is 7. The summed E-state index contributed by atoms with van der Waals surface area (Å²) in [7, 11) is 0. The fourth-order valence-electron chi connectivity index (χ4n) is 10.7. The van der Waals surface area contributed by atoms with Crippen LogP contribution in [0.5, 0.6) is 5.75 Å². The average Bonchev–Trinajstić information content (AvgIpc) is 3.76. The number of thiophene rings is 1. The predicted octanol–water partition coefficient (Wildman–Crippen LogP) is 9.33. The number of rotatable bonds is 7. The van der Waals surface area contributed by atoms with Crippen molar-refractivity contribution in [3.05, 3.63) is 152 Å². The van der Waals surface area contributed by atoms with Gasteiger partial charge in [0, 0.05) is 79.1 Å². The number of hydrogen-bond donors (Lipinski definition) is 2. The van der Waals surface area contributed by atoms with Gasteiger partial charge in [-0.05, 0) is 148 Å². The van der Waals surface area contributed by atoms with Crippen molar-refractivity contribution in [1.29, 1.82) is 0 Å². The zero-order chi connectivity index (χ0) is 42.9. The summed E-state index contributed by atoms with van der Waals surface area (Å²) >= 11 is 1.78. The van der Waals surface area contributed by atoms with Crippen LogP contribution in [0.4, 0.5) is 15.8 Å². The molecule has 6 aromatic rings. The minimum Gasteiger partial charge on any atom is -0.508 e. The number of benzene rings is 4. The number of halogens is 1. The van der Waals surface area contributed by atoms with E-state index in [1.165, 1.54) is 49.6 Å². The van der Waals surface area contributed by atoms with Crippen LogP contribution >= 0.6 is 11.3 Å². The molecule has 0 bridgehead atoms. The Hall–Kier alpha value is -5.36. The summed E-state index contributed by atoms with van der Waals surface area (Å²) in [4.78, 5) is 13.8. The van der Waals surface area contributed by atoms with E-state index >= 15 is 0 Å². The number of aliphatic imine (C=N–C) groups is 1. The van der Waals surface area contributed by atoms with Crippen molar-refractivity contribution in [3.8, 4) is 10.8 Å². The van der Waals surface area contributed by atoms with Gasteiger partial charge in [-0.2, -0.15) is 0 Å². The summed E-state index contributed by atoms with van der Waals surface area (Å²) < 4.78 is 16.1. The SMILES string of the molecule is Cc1cc(N2CCN(CC3(O)CCN(c4ccc(C5=N[C@@H](C)c6nnc(C)n6-c6sc(C)c(C)c65)cc4)CC3)CC2)ccc1[C@H]1c2ccc(O)cc2CC[C@H]1c1ccc(F)cc1. The summed E-state index contributed by atoms with van der Waals surface area (Å²) in [5.74, 6) is 2.18. The first kappa shape index (κ1) is 40.7. The maximum atomic E-state index is 14.0. The highest BCUT2D eigenvalue weighted by atomic mass is 32.1. The number of β-amino-alcohol motifs (C(OH)–C–C–N with tert-alkyl or cyclic N) is 1. The largest absolute Gasteiger partial charge is 0.508 e. The van der Waals surface area contributed by atoms with Crippen molar-refractivity contribution in [1.82, 2.24) is 19.7 Å². The van der Waals surface area contributed by atoms with Crippen LogP contribution in [-0.4, -0.2) is 87.0 Å². The average molecular weight is 850 g/mol. The normalized spacial score (nSPS) is 21.2. The Morgan fingerprint density at radius 1 is 0.790 bits per heavy atom. The van der Waals surface area contributed by atoms with Gasteiger partial charge in [-0.15, -0.1) is 21.5 Å². The molecule has 11 heteroatoms. The van der Waals surface area contributed by atoms with Crippen LogP contribution in [-0.2, 0) is 6.42 Å². The van der Waals surface area contributed by atoms with E-state index in [0.717, 1.165) is 98.4 Å². The highest BCUT2D eigenvalue weighted by Crippen LogP contribution is 2.48. The Morgan fingerprint density at radius 2 is 1.48 bits per heavy atom. The second kappa shape index (κ2) is 16.1. The fourth-order valence-corrected chi connectivity index (χ4v) is 11.9. The van der Waals surface area contributed by atoms with Gasteiger partial charge in [0.15, 0.2) is 5.82 Å². The van der Waals surface area contributed by atoms with Crippen molar-refractivity contribution < 1.29 is 14.6 Å². The van der Waals surface area contributed by atoms with Gasteiger partial charge in [0.2, 0.25) is 0 Å². The monoisotopic (exact) mass is 849 g/mol. The van der Waals surface area contributed by atoms with Gasteiger partial charge in [-0.1, -0.05) is 36.4 Å². The number of phenolic OH excluding ortho intramolecular Hbond substituents is 1. The lowest BCUT2D eigenvalue weighted by molar-refractivity contribution is -0.0173. The van der Waals surface area contributed by atoms with E-state index < -0.39 is 5.60 Å². The number of hydrogen-bond acceptors (Lipinski definition) is 9. The lowest BCUT2D eigenvalue weighted by Crippen LogP contribution is -2.55. The van der Waals surface area contributed by atoms with Crippen LogP contribution in [0.3, 0.4) is 0 Å². The number of aryl methyl sites for hydroxylation is 4. The number of fused-ring (bicyclic) bond motifs is 4. The van der Waals surface area contributed by atoms with Gasteiger partial charge in [0.05, 0.1) is 11.3 Å². The molecule has 320 valence electrons. The van der Waals surface area contributed by atoms with Crippen LogP contribution in [0.15, 0.2) is 89.9 Å². The van der Waals surface area contributed by atoms with E-state index in [-0.39, 0.29) is 23.7 Å². The quantitative estimate of drug-likeness (QED) is 0.166. The molecule has 0 saturated carbocycles. The Labute approximate surface area is 368 Å². The van der Waals surface area contributed by atoms with E-state index in [4.69, 9.17) is 4.99 Å². The van der Waals surface area contributed by atoms with Crippen LogP contribution in [0.2, 0.25) is 0 Å². The maximum absolute atomic E-state index is 14.0. The number of aromatic hydroxyl groups is 1. The third kappa shape index (κ3) is 7.41. The van der Waals surface area contributed by atoms with E-state index in [0.29, 0.717) is 12.3 Å². The molecule has 2 saturated heterocycles. The Balaban J connectivity index is 0.772. The van der Waals surface area contributed by atoms with Crippen molar-refractivity contribution in [2.24, 2.45) is 4.99 Å². The molecule has 2 fully saturated rings. The zero-order valence-corrected chi connectivity index (χ0v) is 37.2. The van der Waals surface area contributed by atoms with Crippen LogP contribution in [0.1, 0.15) is 105 Å². The third-order valence-corrected chi connectivity index (χ3v) is 15.5. The molecule has 4 aliphatic rings. The number of piperazine rings is 1. The zero-order valence-electron chi connectivity index (χ0n) is 36.4. The Morgan fingerprint density at radius 3 is 2.21 bits per heavy atom. The molecular weight excluding hydrogens is 794 g/mol. The maximum Gasteiger partial charge on any atom is 0.162 e. The molecule has 2 aromatic heterocycles. The van der Waals surface area contributed by atoms with Gasteiger partial charge >= 0.3 is 0 Å². The summed E-state index contributed by atoms with van der Waals surface area (Å²) in [6, 6.07) is 28.4. The summed E-state index contributed by atoms with van der Waals surface area (Å²) in [6.45, 7) is 16.6. The molecular formula is C51H56FN7O2S. The highest BCUT2D eigenvalue weighted by Gasteiger charge is 2.37. The molecule has 0 spiro atoms. The van der Waals surface area contributed by atoms with Gasteiger partial charge in [0.1, 0.15) is 28.4 Å². The van der Waals surface area contributed by atoms with E-state index in [2.05, 4.69) is 106 Å². The van der Waals surface area contributed by atoms with Gasteiger partial charge in [-0.25, -0.2) is 4.39 Å². The molecule has 0 amide bonds. The van der Waals surface area contributed by atoms with Crippen LogP contribution in [0.25, 0.3) is 5.00 Å². The third-order valence-electron chi connectivity index (χ3n) is 14.3. The van der Waals surface area contributed by atoms with E-state index in [1.807, 2.05) is 25.1 Å². The van der Waals surface area contributed by atoms with Crippen molar-refractivity contribution in [3.63, 3.8) is 0 Å². The molecule has 3 aliphatic heterocycles. The van der Waals surface area contributed by atoms with Gasteiger partial charge in [-0.3, -0.25) is 14.5 Å². The number of piperidine rings is 1. The summed E-state index contributed by atoms with van der Waals surface area (Å²) in [6.07, 6.45) is 3.29. The lowest BCUT2D eigenvalue weighted by atomic mass is 9.68. The molecule has 5 heterocycles. The molecule has 0 unspecified atom stereocenters. The summed E-state index contributed by atoms with van der Waals surface area (Å²) in [5.41, 5.74) is 12.4. The molecule has 3 atom stereocenters. The molecule has 2 N–H and O–H groups in total. The highest BCUT2D eigenvalue weighted by molar-refractivity contribution is 7.15. The topological polar surface area (TPSA) is 93.3 Å². The Kier molecular flexibility index (Phi) is 10.6. The first-order valence-corrected chi connectivity index (χ1v) is 23.1. The molecule has 1 aliphatic carbocycles. The second-order valence-corrected chi connectivity index (χ2v) is 19.4. The van der Waals surface area contributed by atoms with Crippen LogP contribution in [0, 0.1) is 33.5 Å². The number of anilines is 2. The van der Waals surface area contributed by atoms with Gasteiger partial charge < -0.3 is 20.0 Å². The number of phenols is 1. The summed E-state index contributed by atoms with van der Waals surface area (Å²) in [5, 5.41) is 32.2. The minimum absolute atomic E-state index is 0.114.